The highest BCUT2D eigenvalue weighted by atomic mass is 79.9. The van der Waals surface area contributed by atoms with Gasteiger partial charge < -0.3 is 10.1 Å². The van der Waals surface area contributed by atoms with Crippen LogP contribution in [0.3, 0.4) is 0 Å². The maximum atomic E-state index is 12.8. The molecule has 0 fully saturated rings. The lowest BCUT2D eigenvalue weighted by Crippen LogP contribution is -2.37. The molecule has 1 N–H and O–H groups in total. The van der Waals surface area contributed by atoms with E-state index in [2.05, 4.69) is 21.2 Å². The Morgan fingerprint density at radius 3 is 2.23 bits per heavy atom. The number of hydrogen-bond acceptors (Lipinski definition) is 4. The summed E-state index contributed by atoms with van der Waals surface area (Å²) in [6.45, 7) is 2.05. The van der Waals surface area contributed by atoms with Gasteiger partial charge in [-0.25, -0.2) is 8.42 Å². The number of halogens is 1. The predicted octanol–water partition coefficient (Wildman–Crippen LogP) is 4.68. The molecule has 0 bridgehead atoms. The van der Waals surface area contributed by atoms with E-state index in [9.17, 15) is 13.2 Å². The quantitative estimate of drug-likeness (QED) is 0.460. The number of rotatable bonds is 9. The second kappa shape index (κ2) is 10.6. The zero-order valence-corrected chi connectivity index (χ0v) is 19.4. The highest BCUT2D eigenvalue weighted by molar-refractivity contribution is 9.10. The number of nitrogens with zero attached hydrogens (tertiary/aromatic N) is 1. The van der Waals surface area contributed by atoms with Gasteiger partial charge in [0.25, 0.3) is 0 Å². The van der Waals surface area contributed by atoms with Crippen LogP contribution in [-0.2, 0) is 21.4 Å². The van der Waals surface area contributed by atoms with Crippen LogP contribution in [0.5, 0.6) is 5.75 Å². The number of amides is 1. The lowest BCUT2D eigenvalue weighted by atomic mass is 10.2. The second-order valence-corrected chi connectivity index (χ2v) is 9.59. The van der Waals surface area contributed by atoms with E-state index in [4.69, 9.17) is 4.74 Å². The number of hydrogen-bond donors (Lipinski definition) is 1. The summed E-state index contributed by atoms with van der Waals surface area (Å²) in [4.78, 5) is 12.6. The summed E-state index contributed by atoms with van der Waals surface area (Å²) in [6.07, 6.45) is 0. The van der Waals surface area contributed by atoms with Crippen molar-refractivity contribution in [3.05, 3.63) is 88.9 Å². The largest absolute Gasteiger partial charge is 0.489 e. The van der Waals surface area contributed by atoms with Gasteiger partial charge in [0.05, 0.1) is 11.4 Å². The SMILES string of the molecule is CCN(CC(=O)Nc1ccc(OCc2ccccc2)cc1)S(=O)(=O)c1ccc(Br)cc1. The number of carbonyl (C=O) groups is 1. The molecule has 0 aromatic heterocycles. The van der Waals surface area contributed by atoms with Crippen molar-refractivity contribution in [1.82, 2.24) is 4.31 Å². The number of carbonyl (C=O) groups excluding carboxylic acids is 1. The van der Waals surface area contributed by atoms with Crippen LogP contribution in [0.25, 0.3) is 0 Å². The van der Waals surface area contributed by atoms with E-state index in [0.29, 0.717) is 18.0 Å². The van der Waals surface area contributed by atoms with Gasteiger partial charge in [-0.15, -0.1) is 0 Å². The van der Waals surface area contributed by atoms with Gasteiger partial charge in [0.15, 0.2) is 0 Å². The van der Waals surface area contributed by atoms with Crippen molar-refractivity contribution in [2.24, 2.45) is 0 Å². The lowest BCUT2D eigenvalue weighted by Gasteiger charge is -2.20. The van der Waals surface area contributed by atoms with E-state index < -0.39 is 15.9 Å². The van der Waals surface area contributed by atoms with Gasteiger partial charge in [0, 0.05) is 16.7 Å². The smallest absolute Gasteiger partial charge is 0.243 e. The van der Waals surface area contributed by atoms with Crippen LogP contribution in [0, 0.1) is 0 Å². The molecule has 0 unspecified atom stereocenters. The van der Waals surface area contributed by atoms with Crippen molar-refractivity contribution in [3.63, 3.8) is 0 Å². The number of anilines is 1. The minimum Gasteiger partial charge on any atom is -0.489 e. The molecule has 0 radical (unpaired) electrons. The van der Waals surface area contributed by atoms with E-state index in [-0.39, 0.29) is 18.0 Å². The predicted molar refractivity (Wildman–Crippen MR) is 124 cm³/mol. The van der Waals surface area contributed by atoms with Gasteiger partial charge in [-0.2, -0.15) is 4.31 Å². The Morgan fingerprint density at radius 1 is 0.968 bits per heavy atom. The molecule has 0 atom stereocenters. The number of sulfonamides is 1. The van der Waals surface area contributed by atoms with Gasteiger partial charge in [-0.05, 0) is 54.1 Å². The summed E-state index contributed by atoms with van der Waals surface area (Å²) >= 11 is 3.29. The Labute approximate surface area is 191 Å². The second-order valence-electron chi connectivity index (χ2n) is 6.73. The Morgan fingerprint density at radius 2 is 1.61 bits per heavy atom. The van der Waals surface area contributed by atoms with Crippen LogP contribution >= 0.6 is 15.9 Å². The van der Waals surface area contributed by atoms with Crippen molar-refractivity contribution in [1.29, 1.82) is 0 Å². The molecule has 0 spiro atoms. The third-order valence-corrected chi connectivity index (χ3v) is 6.97. The van der Waals surface area contributed by atoms with E-state index in [1.165, 1.54) is 12.1 Å². The molecule has 0 aliphatic heterocycles. The molecule has 8 heteroatoms. The van der Waals surface area contributed by atoms with Crippen molar-refractivity contribution in [2.75, 3.05) is 18.4 Å². The first-order valence-electron chi connectivity index (χ1n) is 9.71. The first-order valence-corrected chi connectivity index (χ1v) is 11.9. The highest BCUT2D eigenvalue weighted by Gasteiger charge is 2.25. The van der Waals surface area contributed by atoms with Gasteiger partial charge >= 0.3 is 0 Å². The fourth-order valence-electron chi connectivity index (χ4n) is 2.86. The molecule has 31 heavy (non-hydrogen) atoms. The summed E-state index contributed by atoms with van der Waals surface area (Å²) in [5.74, 6) is 0.260. The Hall–Kier alpha value is -2.68. The van der Waals surface area contributed by atoms with Crippen molar-refractivity contribution in [2.45, 2.75) is 18.4 Å². The summed E-state index contributed by atoms with van der Waals surface area (Å²) < 4.78 is 33.3. The molecule has 162 valence electrons. The number of benzene rings is 3. The fourth-order valence-corrected chi connectivity index (χ4v) is 4.53. The van der Waals surface area contributed by atoms with Gasteiger partial charge in [0.1, 0.15) is 12.4 Å². The zero-order chi connectivity index (χ0) is 22.3. The van der Waals surface area contributed by atoms with E-state index in [1.807, 2.05) is 30.3 Å². The Balaban J connectivity index is 1.58. The highest BCUT2D eigenvalue weighted by Crippen LogP contribution is 2.20. The van der Waals surface area contributed by atoms with Crippen LogP contribution in [0.15, 0.2) is 88.2 Å². The van der Waals surface area contributed by atoms with Crippen LogP contribution in [-0.4, -0.2) is 31.7 Å². The van der Waals surface area contributed by atoms with E-state index in [1.54, 1.807) is 43.3 Å². The maximum absolute atomic E-state index is 12.8. The first-order chi connectivity index (χ1) is 14.9. The van der Waals surface area contributed by atoms with E-state index >= 15 is 0 Å². The molecule has 3 aromatic carbocycles. The summed E-state index contributed by atoms with van der Waals surface area (Å²) in [5.41, 5.74) is 1.63. The molecule has 1 amide bonds. The molecular weight excluding hydrogens is 480 g/mol. The molecule has 0 saturated heterocycles. The average molecular weight is 503 g/mol. The topological polar surface area (TPSA) is 75.7 Å². The molecule has 3 rings (SSSR count). The van der Waals surface area contributed by atoms with Crippen molar-refractivity contribution < 1.29 is 17.9 Å². The third-order valence-electron chi connectivity index (χ3n) is 4.51. The van der Waals surface area contributed by atoms with Gasteiger partial charge in [0.2, 0.25) is 15.9 Å². The van der Waals surface area contributed by atoms with Crippen LogP contribution in [0.4, 0.5) is 5.69 Å². The summed E-state index contributed by atoms with van der Waals surface area (Å²) in [5, 5.41) is 2.73. The molecule has 0 heterocycles. The molecular formula is C23H23BrN2O4S. The third kappa shape index (κ3) is 6.40. The monoisotopic (exact) mass is 502 g/mol. The first kappa shape index (κ1) is 23.0. The zero-order valence-electron chi connectivity index (χ0n) is 17.0. The van der Waals surface area contributed by atoms with Crippen LogP contribution < -0.4 is 10.1 Å². The molecule has 0 aliphatic carbocycles. The Kier molecular flexibility index (Phi) is 7.84. The number of ether oxygens (including phenoxy) is 1. The summed E-state index contributed by atoms with van der Waals surface area (Å²) in [6, 6.07) is 23.1. The standard InChI is InChI=1S/C23H23BrN2O4S/c1-2-26(31(28,29)22-14-8-19(24)9-15-22)16-23(27)25-20-10-12-21(13-11-20)30-17-18-6-4-3-5-7-18/h3-15H,2,16-17H2,1H3,(H,25,27). The van der Waals surface area contributed by atoms with Crippen molar-refractivity contribution in [3.8, 4) is 5.75 Å². The lowest BCUT2D eigenvalue weighted by molar-refractivity contribution is -0.116. The minimum absolute atomic E-state index is 0.144. The Bertz CT molecular complexity index is 1100. The molecule has 6 nitrogen and oxygen atoms in total. The normalized spacial score (nSPS) is 11.3. The summed E-state index contributed by atoms with van der Waals surface area (Å²) in [7, 11) is -3.76. The minimum atomic E-state index is -3.76. The van der Waals surface area contributed by atoms with Gasteiger partial charge in [-0.1, -0.05) is 53.2 Å². The van der Waals surface area contributed by atoms with Crippen molar-refractivity contribution >= 4 is 37.5 Å². The van der Waals surface area contributed by atoms with Gasteiger partial charge in [-0.3, -0.25) is 4.79 Å². The van der Waals surface area contributed by atoms with Crippen LogP contribution in [0.2, 0.25) is 0 Å². The van der Waals surface area contributed by atoms with E-state index in [0.717, 1.165) is 14.3 Å². The van der Waals surface area contributed by atoms with Crippen LogP contribution in [0.1, 0.15) is 12.5 Å². The fraction of sp³-hybridized carbons (Fsp3) is 0.174. The number of likely N-dealkylation sites (N-methyl/N-ethyl adjacent to an activating group) is 1. The molecule has 3 aromatic rings. The maximum Gasteiger partial charge on any atom is 0.243 e. The average Bonchev–Trinajstić information content (AvgIpc) is 2.78. The molecule has 0 aliphatic rings. The number of nitrogens with one attached hydrogen (secondary N) is 1. The molecule has 0 saturated carbocycles.